The molecule has 0 aliphatic carbocycles. The summed E-state index contributed by atoms with van der Waals surface area (Å²) in [4.78, 5) is 14.8. The van der Waals surface area contributed by atoms with Crippen LogP contribution >= 0.6 is 0 Å². The molecular weight excluding hydrogens is 254 g/mol. The Hall–Kier alpha value is -2.21. The number of nitrogens with two attached hydrogens (primary N) is 1. The van der Waals surface area contributed by atoms with Crippen molar-refractivity contribution in [2.24, 2.45) is 0 Å². The molecule has 0 radical (unpaired) electrons. The van der Waals surface area contributed by atoms with Crippen LogP contribution in [0.25, 0.3) is 0 Å². The lowest BCUT2D eigenvalue weighted by Gasteiger charge is -2.22. The van der Waals surface area contributed by atoms with Crippen LogP contribution in [-0.4, -0.2) is 28.6 Å². The first-order valence-electron chi connectivity index (χ1n) is 6.49. The molecule has 106 valence electrons. The molecule has 20 heavy (non-hydrogen) atoms. The van der Waals surface area contributed by atoms with Crippen LogP contribution < -0.4 is 10.6 Å². The number of hydrogen-bond donors (Lipinski definition) is 1. The number of nitrogens with zero attached hydrogens (tertiary/aromatic N) is 4. The van der Waals surface area contributed by atoms with Gasteiger partial charge < -0.3 is 15.4 Å². The normalized spacial score (nSPS) is 10.5. The summed E-state index contributed by atoms with van der Waals surface area (Å²) in [6, 6.07) is 5.76. The molecule has 0 saturated carbocycles. The van der Waals surface area contributed by atoms with Gasteiger partial charge in [-0.05, 0) is 24.6 Å². The minimum Gasteiger partial charge on any atom is -0.384 e. The van der Waals surface area contributed by atoms with Gasteiger partial charge in [-0.3, -0.25) is 4.98 Å². The fraction of sp³-hybridized carbons (Fsp3) is 0.357. The Bertz CT molecular complexity index is 547. The molecule has 0 aliphatic heterocycles. The van der Waals surface area contributed by atoms with E-state index in [0.29, 0.717) is 18.2 Å². The summed E-state index contributed by atoms with van der Waals surface area (Å²) in [5.41, 5.74) is 7.01. The first kappa shape index (κ1) is 14.2. The topological polar surface area (TPSA) is 77.2 Å². The van der Waals surface area contributed by atoms with Crippen molar-refractivity contribution < 1.29 is 4.74 Å². The molecule has 2 aromatic heterocycles. The van der Waals surface area contributed by atoms with Gasteiger partial charge in [-0.2, -0.15) is 0 Å². The second kappa shape index (κ2) is 6.81. The zero-order valence-corrected chi connectivity index (χ0v) is 11.8. The molecule has 0 unspecified atom stereocenters. The average Bonchev–Trinajstić information content (AvgIpc) is 2.45. The van der Waals surface area contributed by atoms with E-state index < -0.39 is 0 Å². The molecule has 0 bridgehead atoms. The number of ether oxygens (including phenoxy) is 1. The Morgan fingerprint density at radius 2 is 2.00 bits per heavy atom. The molecule has 0 amide bonds. The first-order valence-corrected chi connectivity index (χ1v) is 6.49. The van der Waals surface area contributed by atoms with Crippen molar-refractivity contribution >= 4 is 11.6 Å². The predicted molar refractivity (Wildman–Crippen MR) is 78.1 cm³/mol. The molecule has 6 nitrogen and oxygen atoms in total. The van der Waals surface area contributed by atoms with Gasteiger partial charge in [0.2, 0.25) is 0 Å². The van der Waals surface area contributed by atoms with E-state index in [0.717, 1.165) is 18.9 Å². The van der Waals surface area contributed by atoms with Crippen LogP contribution in [0.4, 0.5) is 11.6 Å². The summed E-state index contributed by atoms with van der Waals surface area (Å²) in [5.74, 6) is 1.86. The molecule has 0 fully saturated rings. The fourth-order valence-corrected chi connectivity index (χ4v) is 1.92. The van der Waals surface area contributed by atoms with E-state index in [9.17, 15) is 0 Å². The number of rotatable bonds is 6. The van der Waals surface area contributed by atoms with Crippen molar-refractivity contribution in [1.29, 1.82) is 0 Å². The second-order valence-electron chi connectivity index (χ2n) is 4.37. The molecule has 6 heteroatoms. The highest BCUT2D eigenvalue weighted by molar-refractivity contribution is 5.47. The molecule has 2 aromatic rings. The highest BCUT2D eigenvalue weighted by atomic mass is 16.5. The minimum absolute atomic E-state index is 0.352. The van der Waals surface area contributed by atoms with E-state index in [2.05, 4.69) is 26.8 Å². The predicted octanol–water partition coefficient (Wildman–Crippen LogP) is 1.63. The molecule has 2 heterocycles. The maximum Gasteiger partial charge on any atom is 0.158 e. The van der Waals surface area contributed by atoms with Crippen LogP contribution in [0, 0.1) is 0 Å². The maximum atomic E-state index is 5.83. The molecule has 0 saturated heterocycles. The summed E-state index contributed by atoms with van der Waals surface area (Å²) in [6.45, 7) is 4.01. The van der Waals surface area contributed by atoms with Crippen LogP contribution in [0.5, 0.6) is 0 Å². The largest absolute Gasteiger partial charge is 0.384 e. The lowest BCUT2D eigenvalue weighted by molar-refractivity contribution is 0.178. The van der Waals surface area contributed by atoms with Gasteiger partial charge in [0, 0.05) is 38.7 Å². The zero-order chi connectivity index (χ0) is 14.4. The summed E-state index contributed by atoms with van der Waals surface area (Å²) in [5, 5.41) is 0. The van der Waals surface area contributed by atoms with Crippen LogP contribution in [0.15, 0.2) is 30.6 Å². The number of hydrogen-bond acceptors (Lipinski definition) is 6. The summed E-state index contributed by atoms with van der Waals surface area (Å²) < 4.78 is 5.06. The Kier molecular flexibility index (Phi) is 4.84. The van der Waals surface area contributed by atoms with Gasteiger partial charge >= 0.3 is 0 Å². The van der Waals surface area contributed by atoms with Crippen molar-refractivity contribution in [3.8, 4) is 0 Å². The molecule has 2 N–H and O–H groups in total. The molecule has 0 aromatic carbocycles. The van der Waals surface area contributed by atoms with E-state index in [-0.39, 0.29) is 0 Å². The van der Waals surface area contributed by atoms with E-state index in [1.165, 1.54) is 5.56 Å². The number of pyridine rings is 1. The quantitative estimate of drug-likeness (QED) is 0.862. The van der Waals surface area contributed by atoms with Gasteiger partial charge in [0.1, 0.15) is 18.2 Å². The number of methoxy groups -OCH3 is 1. The zero-order valence-electron chi connectivity index (χ0n) is 11.8. The third-order valence-electron chi connectivity index (χ3n) is 2.88. The lowest BCUT2D eigenvalue weighted by Crippen LogP contribution is -2.24. The van der Waals surface area contributed by atoms with Crippen molar-refractivity contribution in [3.05, 3.63) is 42.0 Å². The standard InChI is InChI=1S/C14H19N5O/c1-3-19(9-11-4-6-16-7-5-11)14-8-12(15)17-13(18-14)10-20-2/h4-8H,3,9-10H2,1-2H3,(H2,15,17,18). The van der Waals surface area contributed by atoms with Gasteiger partial charge in [0.25, 0.3) is 0 Å². The maximum absolute atomic E-state index is 5.83. The second-order valence-corrected chi connectivity index (χ2v) is 4.37. The fourth-order valence-electron chi connectivity index (χ4n) is 1.92. The minimum atomic E-state index is 0.352. The Labute approximate surface area is 118 Å². The molecule has 0 spiro atoms. The van der Waals surface area contributed by atoms with E-state index in [1.54, 1.807) is 25.6 Å². The molecule has 2 rings (SSSR count). The summed E-state index contributed by atoms with van der Waals surface area (Å²) in [7, 11) is 1.61. The number of nitrogen functional groups attached to an aromatic ring is 1. The Morgan fingerprint density at radius 3 is 2.65 bits per heavy atom. The SMILES string of the molecule is CCN(Cc1ccncc1)c1cc(N)nc(COC)n1. The smallest absolute Gasteiger partial charge is 0.158 e. The Balaban J connectivity index is 2.22. The monoisotopic (exact) mass is 273 g/mol. The van der Waals surface area contributed by atoms with Crippen molar-refractivity contribution in [1.82, 2.24) is 15.0 Å². The molecular formula is C14H19N5O. The number of anilines is 2. The molecule has 0 aliphatic rings. The van der Waals surface area contributed by atoms with Crippen LogP contribution in [0.1, 0.15) is 18.3 Å². The van der Waals surface area contributed by atoms with Gasteiger partial charge in [0.15, 0.2) is 5.82 Å². The average molecular weight is 273 g/mol. The Morgan fingerprint density at radius 1 is 1.25 bits per heavy atom. The third kappa shape index (κ3) is 3.64. The van der Waals surface area contributed by atoms with E-state index in [1.807, 2.05) is 12.1 Å². The van der Waals surface area contributed by atoms with Gasteiger partial charge in [-0.1, -0.05) is 0 Å². The third-order valence-corrected chi connectivity index (χ3v) is 2.88. The highest BCUT2D eigenvalue weighted by Gasteiger charge is 2.10. The van der Waals surface area contributed by atoms with Gasteiger partial charge in [0.05, 0.1) is 0 Å². The number of aromatic nitrogens is 3. The first-order chi connectivity index (χ1) is 9.72. The van der Waals surface area contributed by atoms with Crippen LogP contribution in [-0.2, 0) is 17.9 Å². The summed E-state index contributed by atoms with van der Waals surface area (Å²) >= 11 is 0. The molecule has 0 atom stereocenters. The van der Waals surface area contributed by atoms with Crippen LogP contribution in [0.2, 0.25) is 0 Å². The van der Waals surface area contributed by atoms with Crippen molar-refractivity contribution in [2.45, 2.75) is 20.1 Å². The van der Waals surface area contributed by atoms with E-state index >= 15 is 0 Å². The van der Waals surface area contributed by atoms with Gasteiger partial charge in [-0.15, -0.1) is 0 Å². The van der Waals surface area contributed by atoms with Crippen molar-refractivity contribution in [2.75, 3.05) is 24.3 Å². The van der Waals surface area contributed by atoms with Crippen molar-refractivity contribution in [3.63, 3.8) is 0 Å². The summed E-state index contributed by atoms with van der Waals surface area (Å²) in [6.07, 6.45) is 3.57. The lowest BCUT2D eigenvalue weighted by atomic mass is 10.2. The van der Waals surface area contributed by atoms with E-state index in [4.69, 9.17) is 10.5 Å². The van der Waals surface area contributed by atoms with Gasteiger partial charge in [-0.25, -0.2) is 9.97 Å². The highest BCUT2D eigenvalue weighted by Crippen LogP contribution is 2.17. The van der Waals surface area contributed by atoms with Crippen LogP contribution in [0.3, 0.4) is 0 Å².